The highest BCUT2D eigenvalue weighted by atomic mass is 35.5. The second-order valence-corrected chi connectivity index (χ2v) is 7.81. The molecule has 23 heavy (non-hydrogen) atoms. The monoisotopic (exact) mass is 332 g/mol. The zero-order valence-corrected chi connectivity index (χ0v) is 14.3. The zero-order valence-electron chi connectivity index (χ0n) is 13.5. The highest BCUT2D eigenvalue weighted by Crippen LogP contribution is 2.49. The average molecular weight is 333 g/mol. The standard InChI is InChI=1S/C19H25ClN2O/c20-13-9-11-14(12-10-13)21-19(23)22-17-7-3-1-5-15(17)16-6-2-4-8-18(16)22/h9-12,15-18H,1-8H2,(H,21,23)/t15-,16-,17-,18-/m1/s1. The van der Waals surface area contributed by atoms with Gasteiger partial charge in [-0.15, -0.1) is 0 Å². The molecular weight excluding hydrogens is 308 g/mol. The fourth-order valence-corrected chi connectivity index (χ4v) is 5.36. The number of nitrogens with zero attached hydrogens (tertiary/aromatic N) is 1. The molecule has 3 nitrogen and oxygen atoms in total. The van der Waals surface area contributed by atoms with Crippen molar-refractivity contribution >= 4 is 23.3 Å². The predicted molar refractivity (Wildman–Crippen MR) is 93.8 cm³/mol. The van der Waals surface area contributed by atoms with Crippen molar-refractivity contribution in [3.05, 3.63) is 29.3 Å². The Labute approximate surface area is 143 Å². The Hall–Kier alpha value is -1.22. The molecule has 3 fully saturated rings. The first-order valence-electron chi connectivity index (χ1n) is 9.09. The molecule has 2 aliphatic carbocycles. The van der Waals surface area contributed by atoms with Crippen LogP contribution in [0.3, 0.4) is 0 Å². The number of rotatable bonds is 1. The van der Waals surface area contributed by atoms with Crippen LogP contribution in [0.4, 0.5) is 10.5 Å². The summed E-state index contributed by atoms with van der Waals surface area (Å²) >= 11 is 5.93. The maximum atomic E-state index is 13.0. The van der Waals surface area contributed by atoms with Gasteiger partial charge in [-0.3, -0.25) is 0 Å². The minimum Gasteiger partial charge on any atom is -0.318 e. The van der Waals surface area contributed by atoms with Crippen LogP contribution in [-0.2, 0) is 0 Å². The van der Waals surface area contributed by atoms with Gasteiger partial charge in [0.1, 0.15) is 0 Å². The van der Waals surface area contributed by atoms with Crippen LogP contribution in [-0.4, -0.2) is 23.0 Å². The van der Waals surface area contributed by atoms with Crippen molar-refractivity contribution in [2.75, 3.05) is 5.32 Å². The Morgan fingerprint density at radius 2 is 1.43 bits per heavy atom. The average Bonchev–Trinajstić information content (AvgIpc) is 2.91. The van der Waals surface area contributed by atoms with Crippen LogP contribution in [0.1, 0.15) is 51.4 Å². The summed E-state index contributed by atoms with van der Waals surface area (Å²) in [4.78, 5) is 15.2. The van der Waals surface area contributed by atoms with E-state index in [-0.39, 0.29) is 6.03 Å². The van der Waals surface area contributed by atoms with Crippen molar-refractivity contribution in [1.29, 1.82) is 0 Å². The number of nitrogens with one attached hydrogen (secondary N) is 1. The molecule has 4 atom stereocenters. The first kappa shape index (κ1) is 15.3. The Morgan fingerprint density at radius 1 is 0.913 bits per heavy atom. The number of benzene rings is 1. The highest BCUT2D eigenvalue weighted by molar-refractivity contribution is 6.30. The molecule has 124 valence electrons. The van der Waals surface area contributed by atoms with E-state index in [0.717, 1.165) is 17.5 Å². The van der Waals surface area contributed by atoms with E-state index >= 15 is 0 Å². The summed E-state index contributed by atoms with van der Waals surface area (Å²) in [6.45, 7) is 0. The van der Waals surface area contributed by atoms with Crippen molar-refractivity contribution in [3.8, 4) is 0 Å². The number of hydrogen-bond acceptors (Lipinski definition) is 1. The van der Waals surface area contributed by atoms with E-state index in [4.69, 9.17) is 11.6 Å². The summed E-state index contributed by atoms with van der Waals surface area (Å²) in [5, 5.41) is 3.80. The Kier molecular flexibility index (Phi) is 4.23. The van der Waals surface area contributed by atoms with Crippen LogP contribution in [0.5, 0.6) is 0 Å². The minimum absolute atomic E-state index is 0.0959. The highest BCUT2D eigenvalue weighted by Gasteiger charge is 2.51. The maximum Gasteiger partial charge on any atom is 0.322 e. The second-order valence-electron chi connectivity index (χ2n) is 7.38. The molecule has 1 heterocycles. The normalized spacial score (nSPS) is 33.0. The van der Waals surface area contributed by atoms with Crippen LogP contribution in [0.25, 0.3) is 0 Å². The van der Waals surface area contributed by atoms with E-state index in [1.807, 2.05) is 24.3 Å². The molecule has 2 saturated carbocycles. The largest absolute Gasteiger partial charge is 0.322 e. The van der Waals surface area contributed by atoms with Gasteiger partial charge in [0.05, 0.1) is 0 Å². The molecule has 4 heteroatoms. The number of urea groups is 1. The lowest BCUT2D eigenvalue weighted by molar-refractivity contribution is 0.157. The summed E-state index contributed by atoms with van der Waals surface area (Å²) in [5.74, 6) is 1.48. The van der Waals surface area contributed by atoms with Crippen molar-refractivity contribution in [2.45, 2.75) is 63.5 Å². The third kappa shape index (κ3) is 2.84. The van der Waals surface area contributed by atoms with Gasteiger partial charge < -0.3 is 10.2 Å². The number of hydrogen-bond donors (Lipinski definition) is 1. The summed E-state index contributed by atoms with van der Waals surface area (Å²) in [5.41, 5.74) is 0.839. The quantitative estimate of drug-likeness (QED) is 0.743. The van der Waals surface area contributed by atoms with Crippen LogP contribution in [0.15, 0.2) is 24.3 Å². The fraction of sp³-hybridized carbons (Fsp3) is 0.632. The van der Waals surface area contributed by atoms with Crippen molar-refractivity contribution in [1.82, 2.24) is 4.90 Å². The molecule has 4 rings (SSSR count). The lowest BCUT2D eigenvalue weighted by Gasteiger charge is -2.34. The van der Waals surface area contributed by atoms with Crippen molar-refractivity contribution < 1.29 is 4.79 Å². The lowest BCUT2D eigenvalue weighted by Crippen LogP contribution is -2.46. The van der Waals surface area contributed by atoms with E-state index in [2.05, 4.69) is 10.2 Å². The fourth-order valence-electron chi connectivity index (χ4n) is 5.24. The third-order valence-electron chi connectivity index (χ3n) is 6.16. The molecule has 0 bridgehead atoms. The number of fused-ring (bicyclic) bond motifs is 3. The summed E-state index contributed by atoms with van der Waals surface area (Å²) in [6.07, 6.45) is 10.2. The molecular formula is C19H25ClN2O. The van der Waals surface area contributed by atoms with Gasteiger partial charge in [0, 0.05) is 22.8 Å². The molecule has 1 aromatic rings. The van der Waals surface area contributed by atoms with Crippen LogP contribution in [0, 0.1) is 11.8 Å². The SMILES string of the molecule is O=C(Nc1ccc(Cl)cc1)N1[C@@H]2CCCC[C@@H]2[C@H]2CCCC[C@H]21. The number of anilines is 1. The molecule has 0 spiro atoms. The number of amides is 2. The first-order chi connectivity index (χ1) is 11.2. The van der Waals surface area contributed by atoms with E-state index in [0.29, 0.717) is 17.1 Å². The third-order valence-corrected chi connectivity index (χ3v) is 6.41. The van der Waals surface area contributed by atoms with Gasteiger partial charge >= 0.3 is 6.03 Å². The van der Waals surface area contributed by atoms with E-state index < -0.39 is 0 Å². The van der Waals surface area contributed by atoms with Gasteiger partial charge in [-0.2, -0.15) is 0 Å². The van der Waals surface area contributed by atoms with Crippen molar-refractivity contribution in [3.63, 3.8) is 0 Å². The number of carbonyl (C=O) groups is 1. The topological polar surface area (TPSA) is 32.3 Å². The molecule has 3 aliphatic rings. The zero-order chi connectivity index (χ0) is 15.8. The Morgan fingerprint density at radius 3 is 2.00 bits per heavy atom. The molecule has 1 N–H and O–H groups in total. The molecule has 2 amide bonds. The number of carbonyl (C=O) groups excluding carboxylic acids is 1. The van der Waals surface area contributed by atoms with E-state index in [9.17, 15) is 4.79 Å². The van der Waals surface area contributed by atoms with Gasteiger partial charge in [0.15, 0.2) is 0 Å². The summed E-state index contributed by atoms with van der Waals surface area (Å²) < 4.78 is 0. The van der Waals surface area contributed by atoms with Gasteiger partial charge in [-0.1, -0.05) is 37.3 Å². The molecule has 0 radical (unpaired) electrons. The predicted octanol–water partition coefficient (Wildman–Crippen LogP) is 5.31. The van der Waals surface area contributed by atoms with Crippen LogP contribution >= 0.6 is 11.6 Å². The Balaban J connectivity index is 1.55. The second kappa shape index (κ2) is 6.35. The molecule has 1 saturated heterocycles. The lowest BCUT2D eigenvalue weighted by atomic mass is 9.73. The van der Waals surface area contributed by atoms with Crippen LogP contribution < -0.4 is 5.32 Å². The smallest absolute Gasteiger partial charge is 0.318 e. The molecule has 1 aromatic carbocycles. The van der Waals surface area contributed by atoms with E-state index in [1.54, 1.807) is 0 Å². The summed E-state index contributed by atoms with van der Waals surface area (Å²) in [7, 11) is 0. The van der Waals surface area contributed by atoms with Gasteiger partial charge in [-0.05, 0) is 61.8 Å². The molecule has 1 aliphatic heterocycles. The first-order valence-corrected chi connectivity index (χ1v) is 9.47. The maximum absolute atomic E-state index is 13.0. The minimum atomic E-state index is 0.0959. The van der Waals surface area contributed by atoms with Gasteiger partial charge in [0.2, 0.25) is 0 Å². The summed E-state index contributed by atoms with van der Waals surface area (Å²) in [6, 6.07) is 8.44. The van der Waals surface area contributed by atoms with E-state index in [1.165, 1.54) is 51.4 Å². The number of halogens is 1. The van der Waals surface area contributed by atoms with Gasteiger partial charge in [0.25, 0.3) is 0 Å². The number of likely N-dealkylation sites (tertiary alicyclic amines) is 1. The molecule has 0 unspecified atom stereocenters. The Bertz CT molecular complexity index is 551. The van der Waals surface area contributed by atoms with Crippen LogP contribution in [0.2, 0.25) is 5.02 Å². The van der Waals surface area contributed by atoms with Crippen molar-refractivity contribution in [2.24, 2.45) is 11.8 Å². The molecule has 0 aromatic heterocycles. The van der Waals surface area contributed by atoms with Gasteiger partial charge in [-0.25, -0.2) is 4.79 Å².